The SMILES string of the molecule is CC.CC.COc1c(Nc2cc(C)[nH]n2)nc(Sc2ccc(SCc3c(OF)ccc(F)c3F)cc2F)nc1N1CCN(CCN(C)C)CC1. The summed E-state index contributed by atoms with van der Waals surface area (Å²) in [7, 11) is 5.66. The van der Waals surface area contributed by atoms with Crippen LogP contribution in [0, 0.1) is 24.4 Å². The molecule has 5 rings (SSSR count). The fraction of sp³-hybridized carbons (Fsp3) is 0.441. The number of aryl methyl sites for hydroxylation is 1. The third-order valence-corrected chi connectivity index (χ3v) is 9.18. The smallest absolute Gasteiger partial charge is 0.204 e. The van der Waals surface area contributed by atoms with Gasteiger partial charge in [-0.2, -0.15) is 5.10 Å². The van der Waals surface area contributed by atoms with Gasteiger partial charge in [-0.3, -0.25) is 14.9 Å². The molecule has 1 saturated heterocycles. The van der Waals surface area contributed by atoms with E-state index >= 15 is 4.39 Å². The molecule has 0 radical (unpaired) electrons. The van der Waals surface area contributed by atoms with Crippen LogP contribution in [-0.2, 0) is 5.75 Å². The second-order valence-electron chi connectivity index (χ2n) is 10.8. The number of methoxy groups -OCH3 is 1. The standard InChI is InChI=1S/C30H34F4N8O2S2.2C2H6/c1-18-15-25(39-38-18)35-28-27(43-4)29(42-13-11-41(12-14-42)10-9-40(2)3)37-30(36-28)46-24-8-5-19(16-22(24)32)45-17-20-23(44-34)7-6-21(31)26(20)33;2*1-2/h5-8,15-16H,9-14,17H2,1-4H3,(H2,35,36,37,38,39);2*1-2H3. The van der Waals surface area contributed by atoms with Crippen LogP contribution < -0.4 is 19.9 Å². The maximum atomic E-state index is 15.4. The molecule has 2 aromatic heterocycles. The average molecular weight is 739 g/mol. The Morgan fingerprint density at radius 3 is 2.28 bits per heavy atom. The van der Waals surface area contributed by atoms with E-state index in [1.807, 2.05) is 40.7 Å². The fourth-order valence-electron chi connectivity index (χ4n) is 4.77. The van der Waals surface area contributed by atoms with E-state index in [-0.39, 0.29) is 21.4 Å². The molecule has 16 heteroatoms. The number of benzene rings is 2. The summed E-state index contributed by atoms with van der Waals surface area (Å²) in [5, 5.41) is 10.6. The fourth-order valence-corrected chi connectivity index (χ4v) is 6.46. The molecule has 0 amide bonds. The van der Waals surface area contributed by atoms with Crippen LogP contribution in [0.3, 0.4) is 0 Å². The number of H-pyrrole nitrogens is 1. The van der Waals surface area contributed by atoms with Crippen molar-refractivity contribution in [2.45, 2.75) is 55.3 Å². The zero-order valence-electron chi connectivity index (χ0n) is 29.7. The van der Waals surface area contributed by atoms with E-state index in [1.54, 1.807) is 19.2 Å². The van der Waals surface area contributed by atoms with Gasteiger partial charge in [-0.1, -0.05) is 27.7 Å². The largest absolute Gasteiger partial charge is 0.490 e. The summed E-state index contributed by atoms with van der Waals surface area (Å²) >= 11 is 2.04. The van der Waals surface area contributed by atoms with Gasteiger partial charge in [0, 0.05) is 71.8 Å². The van der Waals surface area contributed by atoms with Crippen molar-refractivity contribution >= 4 is 41.0 Å². The molecular formula is C34H46F4N8O2S2. The highest BCUT2D eigenvalue weighted by Gasteiger charge is 2.26. The predicted molar refractivity (Wildman–Crippen MR) is 193 cm³/mol. The number of nitrogens with zero attached hydrogens (tertiary/aromatic N) is 6. The van der Waals surface area contributed by atoms with Gasteiger partial charge in [0.2, 0.25) is 5.75 Å². The lowest BCUT2D eigenvalue weighted by atomic mass is 10.2. The Morgan fingerprint density at radius 1 is 0.960 bits per heavy atom. The molecule has 0 aliphatic carbocycles. The second kappa shape index (κ2) is 20.2. The number of aromatic amines is 1. The normalized spacial score (nSPS) is 12.9. The van der Waals surface area contributed by atoms with Crippen LogP contribution in [0.25, 0.3) is 0 Å². The van der Waals surface area contributed by atoms with Gasteiger partial charge < -0.3 is 19.9 Å². The number of rotatable bonds is 13. The van der Waals surface area contributed by atoms with Crippen molar-refractivity contribution in [3.63, 3.8) is 0 Å². The third kappa shape index (κ3) is 10.9. The number of nitrogens with one attached hydrogen (secondary N) is 2. The van der Waals surface area contributed by atoms with Crippen LogP contribution in [0.15, 0.2) is 51.3 Å². The highest BCUT2D eigenvalue weighted by molar-refractivity contribution is 7.99. The quantitative estimate of drug-likeness (QED) is 0.0792. The molecule has 0 spiro atoms. The van der Waals surface area contributed by atoms with Crippen LogP contribution in [0.4, 0.5) is 35.2 Å². The second-order valence-corrected chi connectivity index (χ2v) is 12.9. The lowest BCUT2D eigenvalue weighted by Gasteiger charge is -2.36. The van der Waals surface area contributed by atoms with Gasteiger partial charge in [0.15, 0.2) is 40.0 Å². The van der Waals surface area contributed by atoms with Gasteiger partial charge in [0.1, 0.15) is 5.82 Å². The predicted octanol–water partition coefficient (Wildman–Crippen LogP) is 8.12. The summed E-state index contributed by atoms with van der Waals surface area (Å²) in [6.07, 6.45) is 0. The van der Waals surface area contributed by atoms with E-state index in [1.165, 1.54) is 6.07 Å². The molecule has 50 heavy (non-hydrogen) atoms. The van der Waals surface area contributed by atoms with Gasteiger partial charge in [-0.05, 0) is 63.1 Å². The molecule has 0 unspecified atom stereocenters. The van der Waals surface area contributed by atoms with E-state index < -0.39 is 23.2 Å². The molecule has 0 saturated carbocycles. The van der Waals surface area contributed by atoms with Crippen molar-refractivity contribution in [1.82, 2.24) is 30.0 Å². The number of likely N-dealkylation sites (N-methyl/N-ethyl adjacent to an activating group) is 1. The number of thioether (sulfide) groups is 1. The number of piperazine rings is 1. The van der Waals surface area contributed by atoms with Gasteiger partial charge in [0.25, 0.3) is 0 Å². The first-order chi connectivity index (χ1) is 24.1. The molecule has 1 aliphatic rings. The van der Waals surface area contributed by atoms with Gasteiger partial charge in [0.05, 0.1) is 12.0 Å². The minimum Gasteiger partial charge on any atom is -0.490 e. The number of aromatic nitrogens is 4. The molecule has 274 valence electrons. The van der Waals surface area contributed by atoms with Crippen molar-refractivity contribution in [2.75, 3.05) is 70.7 Å². The summed E-state index contributed by atoms with van der Waals surface area (Å²) in [4.78, 5) is 20.5. The number of anilines is 3. The maximum absolute atomic E-state index is 15.4. The number of hydrogen-bond donors (Lipinski definition) is 2. The van der Waals surface area contributed by atoms with E-state index in [0.717, 1.165) is 67.5 Å². The lowest BCUT2D eigenvalue weighted by molar-refractivity contribution is -0.00763. The summed E-state index contributed by atoms with van der Waals surface area (Å²) in [5.74, 6) is -1.58. The average Bonchev–Trinajstić information content (AvgIpc) is 3.54. The molecule has 0 bridgehead atoms. The number of halogens is 4. The molecule has 1 fully saturated rings. The Kier molecular flexibility index (Phi) is 16.4. The molecule has 1 aliphatic heterocycles. The first kappa shape index (κ1) is 40.7. The van der Waals surface area contributed by atoms with Crippen LogP contribution >= 0.6 is 23.5 Å². The Hall–Kier alpha value is -3.73. The molecule has 4 aromatic rings. The first-order valence-corrected chi connectivity index (χ1v) is 18.2. The minimum absolute atomic E-state index is 0.177. The molecule has 2 aromatic carbocycles. The minimum atomic E-state index is -1.22. The topological polar surface area (TPSA) is 94.7 Å². The van der Waals surface area contributed by atoms with Gasteiger partial charge >= 0.3 is 0 Å². The van der Waals surface area contributed by atoms with Crippen LogP contribution in [0.1, 0.15) is 39.0 Å². The Balaban J connectivity index is 0.00000163. The van der Waals surface area contributed by atoms with Crippen LogP contribution in [-0.4, -0.2) is 90.4 Å². The van der Waals surface area contributed by atoms with Crippen molar-refractivity contribution in [1.29, 1.82) is 0 Å². The van der Waals surface area contributed by atoms with E-state index in [4.69, 9.17) is 9.72 Å². The maximum Gasteiger partial charge on any atom is 0.204 e. The molecule has 0 atom stereocenters. The zero-order chi connectivity index (χ0) is 36.8. The Bertz CT molecular complexity index is 1660. The molecule has 2 N–H and O–H groups in total. The summed E-state index contributed by atoms with van der Waals surface area (Å²) in [5.41, 5.74) is 0.559. The number of hydrogen-bond acceptors (Lipinski definition) is 11. The summed E-state index contributed by atoms with van der Waals surface area (Å²) in [6.45, 7) is 14.9. The summed E-state index contributed by atoms with van der Waals surface area (Å²) < 4.78 is 62.0. The third-order valence-electron chi connectivity index (χ3n) is 7.24. The number of ether oxygens (including phenoxy) is 1. The molecule has 3 heterocycles. The zero-order valence-corrected chi connectivity index (χ0v) is 31.4. The lowest BCUT2D eigenvalue weighted by Crippen LogP contribution is -2.48. The highest BCUT2D eigenvalue weighted by Crippen LogP contribution is 2.40. The summed E-state index contributed by atoms with van der Waals surface area (Å²) in [6, 6.07) is 8.05. The van der Waals surface area contributed by atoms with E-state index in [0.29, 0.717) is 41.2 Å². The first-order valence-electron chi connectivity index (χ1n) is 16.4. The van der Waals surface area contributed by atoms with Crippen LogP contribution in [0.2, 0.25) is 0 Å². The van der Waals surface area contributed by atoms with Gasteiger partial charge in [-0.15, -0.1) is 11.8 Å². The molecule has 10 nitrogen and oxygen atoms in total. The van der Waals surface area contributed by atoms with Crippen molar-refractivity contribution in [2.24, 2.45) is 0 Å². The van der Waals surface area contributed by atoms with Crippen molar-refractivity contribution < 1.29 is 27.4 Å². The monoisotopic (exact) mass is 738 g/mol. The highest BCUT2D eigenvalue weighted by atomic mass is 32.2. The van der Waals surface area contributed by atoms with Gasteiger partial charge in [-0.25, -0.2) is 23.1 Å². The van der Waals surface area contributed by atoms with E-state index in [9.17, 15) is 13.3 Å². The Labute approximate surface area is 300 Å². The van der Waals surface area contributed by atoms with Crippen molar-refractivity contribution in [3.05, 3.63) is 65.1 Å². The van der Waals surface area contributed by atoms with E-state index in [2.05, 4.69) is 54.2 Å². The van der Waals surface area contributed by atoms with Crippen molar-refractivity contribution in [3.8, 4) is 11.5 Å². The van der Waals surface area contributed by atoms with Crippen LogP contribution in [0.5, 0.6) is 11.5 Å². The molecular weight excluding hydrogens is 693 g/mol. The Morgan fingerprint density at radius 2 is 1.68 bits per heavy atom.